The van der Waals surface area contributed by atoms with Crippen LogP contribution in [0.4, 0.5) is 21.9 Å². The molecular weight excluding hydrogens is 442 g/mol. The van der Waals surface area contributed by atoms with Gasteiger partial charge in [-0.25, -0.2) is 14.8 Å². The number of aliphatic carboxylic acids is 1. The molecule has 1 aliphatic rings. The fourth-order valence-electron chi connectivity index (χ4n) is 4.66. The van der Waals surface area contributed by atoms with Gasteiger partial charge in [-0.05, 0) is 47.8 Å². The summed E-state index contributed by atoms with van der Waals surface area (Å²) in [6.07, 6.45) is 8.98. The number of nitrogens with one attached hydrogen (secondary N) is 2. The summed E-state index contributed by atoms with van der Waals surface area (Å²) in [5.41, 5.74) is 3.07. The third kappa shape index (κ3) is 8.23. The first-order valence-electron chi connectivity index (χ1n) is 12.6. The summed E-state index contributed by atoms with van der Waals surface area (Å²) in [6, 6.07) is 5.66. The second-order valence-electron chi connectivity index (χ2n) is 10.5. The summed E-state index contributed by atoms with van der Waals surface area (Å²) in [7, 11) is 0. The number of carbonyl (C=O) groups is 2. The lowest BCUT2D eigenvalue weighted by Crippen LogP contribution is -2.32. The fourth-order valence-corrected chi connectivity index (χ4v) is 4.66. The van der Waals surface area contributed by atoms with Gasteiger partial charge in [-0.3, -0.25) is 4.79 Å². The fraction of sp³-hybridized carbons (Fsp3) is 0.556. The number of anilines is 3. The van der Waals surface area contributed by atoms with Crippen LogP contribution in [0.1, 0.15) is 71.3 Å². The molecule has 0 radical (unpaired) electrons. The van der Waals surface area contributed by atoms with Crippen molar-refractivity contribution in [3.05, 3.63) is 42.5 Å². The van der Waals surface area contributed by atoms with Gasteiger partial charge < -0.3 is 20.6 Å². The van der Waals surface area contributed by atoms with Crippen molar-refractivity contribution in [3.63, 3.8) is 0 Å². The molecule has 8 nitrogen and oxygen atoms in total. The van der Waals surface area contributed by atoms with Gasteiger partial charge in [-0.15, -0.1) is 0 Å². The molecule has 1 aliphatic carbocycles. The molecule has 1 saturated carbocycles. The number of hydrogen-bond donors (Lipinski definition) is 3. The minimum atomic E-state index is -0.795. The van der Waals surface area contributed by atoms with Gasteiger partial charge in [0.15, 0.2) is 0 Å². The molecule has 190 valence electrons. The smallest absolute Gasteiger partial charge is 0.323 e. The van der Waals surface area contributed by atoms with Crippen LogP contribution in [0.5, 0.6) is 0 Å². The molecule has 0 aliphatic heterocycles. The predicted octanol–water partition coefficient (Wildman–Crippen LogP) is 5.99. The van der Waals surface area contributed by atoms with E-state index in [1.165, 1.54) is 25.1 Å². The largest absolute Gasteiger partial charge is 0.481 e. The van der Waals surface area contributed by atoms with Crippen LogP contribution in [-0.2, 0) is 4.79 Å². The average Bonchev–Trinajstić information content (AvgIpc) is 2.74. The summed E-state index contributed by atoms with van der Waals surface area (Å²) < 4.78 is 0. The van der Waals surface area contributed by atoms with E-state index in [9.17, 15) is 14.7 Å². The van der Waals surface area contributed by atoms with Gasteiger partial charge in [0.1, 0.15) is 6.33 Å². The first-order valence-corrected chi connectivity index (χ1v) is 12.6. The van der Waals surface area contributed by atoms with Crippen molar-refractivity contribution in [2.45, 2.75) is 65.7 Å². The Morgan fingerprint density at radius 1 is 1.06 bits per heavy atom. The SMILES string of the molecule is CC(C)CN(CC(C)C)c1ccc(C(CC(=O)O)CC2CCC2)cc1NC(=O)Nc1cncnc1. The zero-order chi connectivity index (χ0) is 25.4. The highest BCUT2D eigenvalue weighted by molar-refractivity contribution is 6.01. The van der Waals surface area contributed by atoms with Crippen LogP contribution in [-0.4, -0.2) is 40.2 Å². The molecule has 0 bridgehead atoms. The van der Waals surface area contributed by atoms with Gasteiger partial charge in [0.25, 0.3) is 0 Å². The Balaban J connectivity index is 1.94. The lowest BCUT2D eigenvalue weighted by molar-refractivity contribution is -0.137. The number of nitrogens with zero attached hydrogens (tertiary/aromatic N) is 3. The van der Waals surface area contributed by atoms with Gasteiger partial charge in [0.2, 0.25) is 0 Å². The highest BCUT2D eigenvalue weighted by atomic mass is 16.4. The molecule has 3 N–H and O–H groups in total. The zero-order valence-electron chi connectivity index (χ0n) is 21.3. The molecule has 2 aromatic rings. The minimum Gasteiger partial charge on any atom is -0.481 e. The van der Waals surface area contributed by atoms with Crippen LogP contribution in [0.25, 0.3) is 0 Å². The Hall–Kier alpha value is -3.16. The second kappa shape index (κ2) is 12.5. The molecule has 2 amide bonds. The van der Waals surface area contributed by atoms with Gasteiger partial charge in [0.05, 0.1) is 35.9 Å². The van der Waals surface area contributed by atoms with Gasteiger partial charge >= 0.3 is 12.0 Å². The maximum absolute atomic E-state index is 12.9. The van der Waals surface area contributed by atoms with Crippen LogP contribution < -0.4 is 15.5 Å². The number of rotatable bonds is 12. The lowest BCUT2D eigenvalue weighted by Gasteiger charge is -2.32. The van der Waals surface area contributed by atoms with Crippen molar-refractivity contribution in [2.75, 3.05) is 28.6 Å². The van der Waals surface area contributed by atoms with Crippen molar-refractivity contribution in [1.29, 1.82) is 0 Å². The standard InChI is InChI=1S/C27H39N5O3/c1-18(2)15-32(16-19(3)4)25-9-8-21(22(12-26(33)34)10-20-6-5-7-20)11-24(25)31-27(35)30-23-13-28-17-29-14-23/h8-9,11,13-14,17-20,22H,5-7,10,12,15-16H2,1-4H3,(H,33,34)(H2,30,31,35). The van der Waals surface area contributed by atoms with Gasteiger partial charge in [-0.2, -0.15) is 0 Å². The summed E-state index contributed by atoms with van der Waals surface area (Å²) >= 11 is 0. The van der Waals surface area contributed by atoms with Crippen LogP contribution in [0.15, 0.2) is 36.9 Å². The topological polar surface area (TPSA) is 107 Å². The molecule has 1 fully saturated rings. The van der Waals surface area contributed by atoms with E-state index in [-0.39, 0.29) is 18.4 Å². The van der Waals surface area contributed by atoms with Crippen LogP contribution in [0, 0.1) is 17.8 Å². The Labute approximate surface area is 208 Å². The molecule has 0 saturated heterocycles. The van der Waals surface area contributed by atoms with Crippen molar-refractivity contribution in [2.24, 2.45) is 17.8 Å². The quantitative estimate of drug-likeness (QED) is 0.344. The summed E-state index contributed by atoms with van der Waals surface area (Å²) in [5.74, 6) is 0.581. The highest BCUT2D eigenvalue weighted by Crippen LogP contribution is 2.39. The van der Waals surface area contributed by atoms with E-state index in [0.717, 1.165) is 43.6 Å². The average molecular weight is 482 g/mol. The summed E-state index contributed by atoms with van der Waals surface area (Å²) in [6.45, 7) is 10.4. The molecule has 35 heavy (non-hydrogen) atoms. The first kappa shape index (κ1) is 26.4. The van der Waals surface area contributed by atoms with Crippen molar-refractivity contribution < 1.29 is 14.7 Å². The summed E-state index contributed by atoms with van der Waals surface area (Å²) in [5, 5.41) is 15.4. The molecule has 1 atom stereocenters. The number of carbonyl (C=O) groups excluding carboxylic acids is 1. The Bertz CT molecular complexity index is 966. The summed E-state index contributed by atoms with van der Waals surface area (Å²) in [4.78, 5) is 34.8. The van der Waals surface area contributed by atoms with E-state index in [2.05, 4.69) is 53.2 Å². The third-order valence-corrected chi connectivity index (χ3v) is 6.33. The highest BCUT2D eigenvalue weighted by Gasteiger charge is 2.26. The number of carboxylic acids is 1. The number of aromatic nitrogens is 2. The van der Waals surface area contributed by atoms with Crippen molar-refractivity contribution in [3.8, 4) is 0 Å². The maximum atomic E-state index is 12.9. The first-order chi connectivity index (χ1) is 16.7. The monoisotopic (exact) mass is 481 g/mol. The molecule has 3 rings (SSSR count). The zero-order valence-corrected chi connectivity index (χ0v) is 21.3. The van der Waals surface area contributed by atoms with Crippen molar-refractivity contribution >= 4 is 29.1 Å². The number of carboxylic acid groups (broad SMARTS) is 1. The Morgan fingerprint density at radius 2 is 1.71 bits per heavy atom. The van der Waals surface area contributed by atoms with Crippen LogP contribution in [0.3, 0.4) is 0 Å². The van der Waals surface area contributed by atoms with E-state index in [1.54, 1.807) is 0 Å². The van der Waals surface area contributed by atoms with E-state index < -0.39 is 5.97 Å². The van der Waals surface area contributed by atoms with E-state index in [4.69, 9.17) is 0 Å². The lowest BCUT2D eigenvalue weighted by atomic mass is 9.76. The number of urea groups is 1. The third-order valence-electron chi connectivity index (χ3n) is 6.33. The number of hydrogen-bond acceptors (Lipinski definition) is 5. The molecule has 1 aromatic carbocycles. The Morgan fingerprint density at radius 3 is 2.26 bits per heavy atom. The Kier molecular flexibility index (Phi) is 9.46. The van der Waals surface area contributed by atoms with Crippen LogP contribution >= 0.6 is 0 Å². The molecule has 1 unspecified atom stereocenters. The number of amides is 2. The molecule has 1 heterocycles. The molecule has 1 aromatic heterocycles. The maximum Gasteiger partial charge on any atom is 0.323 e. The van der Waals surface area contributed by atoms with E-state index in [1.807, 2.05) is 18.2 Å². The van der Waals surface area contributed by atoms with E-state index in [0.29, 0.717) is 29.1 Å². The van der Waals surface area contributed by atoms with Gasteiger partial charge in [0, 0.05) is 13.1 Å². The molecule has 8 heteroatoms. The molecule has 0 spiro atoms. The van der Waals surface area contributed by atoms with Crippen molar-refractivity contribution in [1.82, 2.24) is 9.97 Å². The molecular formula is C27H39N5O3. The predicted molar refractivity (Wildman–Crippen MR) is 140 cm³/mol. The van der Waals surface area contributed by atoms with Gasteiger partial charge in [-0.1, -0.05) is 53.0 Å². The second-order valence-corrected chi connectivity index (χ2v) is 10.5. The minimum absolute atomic E-state index is 0.0818. The normalized spacial score (nSPS) is 14.5. The van der Waals surface area contributed by atoms with Crippen LogP contribution in [0.2, 0.25) is 0 Å². The number of benzene rings is 1. The van der Waals surface area contributed by atoms with E-state index >= 15 is 0 Å².